The third kappa shape index (κ3) is 3.48. The van der Waals surface area contributed by atoms with Gasteiger partial charge in [-0.2, -0.15) is 5.10 Å². The lowest BCUT2D eigenvalue weighted by atomic mass is 9.93. The van der Waals surface area contributed by atoms with E-state index in [1.54, 1.807) is 4.68 Å². The Balaban J connectivity index is 1.80. The number of hydrogen-bond donors (Lipinski definition) is 2. The van der Waals surface area contributed by atoms with E-state index in [9.17, 15) is 9.18 Å². The zero-order valence-electron chi connectivity index (χ0n) is 13.9. The average Bonchev–Trinajstić information content (AvgIpc) is 2.84. The topological polar surface area (TPSA) is 59.0 Å². The van der Waals surface area contributed by atoms with Gasteiger partial charge in [-0.1, -0.05) is 6.08 Å². The number of urea groups is 1. The lowest BCUT2D eigenvalue weighted by Crippen LogP contribution is -2.21. The molecule has 0 unspecified atom stereocenters. The molecule has 1 aromatic carbocycles. The zero-order valence-corrected chi connectivity index (χ0v) is 13.9. The molecule has 0 aliphatic heterocycles. The summed E-state index contributed by atoms with van der Waals surface area (Å²) in [5.41, 5.74) is 3.68. The third-order valence-electron chi connectivity index (χ3n) is 4.17. The standard InChI is InChI=1S/C18H21FN4O/c1-12-16(13-6-4-3-5-7-13)17(23(2)22-12)21-18(24)20-15-10-8-14(19)9-11-15/h6,8-11H,3-5,7H2,1-2H3,(H2,20,21,24). The summed E-state index contributed by atoms with van der Waals surface area (Å²) in [6, 6.07) is 5.29. The van der Waals surface area contributed by atoms with Crippen LogP contribution >= 0.6 is 0 Å². The van der Waals surface area contributed by atoms with Crippen LogP contribution in [0.1, 0.15) is 36.9 Å². The molecular weight excluding hydrogens is 307 g/mol. The van der Waals surface area contributed by atoms with E-state index in [2.05, 4.69) is 21.8 Å². The van der Waals surface area contributed by atoms with Crippen molar-refractivity contribution in [1.82, 2.24) is 9.78 Å². The summed E-state index contributed by atoms with van der Waals surface area (Å²) in [6.07, 6.45) is 6.65. The Morgan fingerprint density at radius 3 is 2.62 bits per heavy atom. The summed E-state index contributed by atoms with van der Waals surface area (Å²) in [6.45, 7) is 1.95. The fourth-order valence-corrected chi connectivity index (χ4v) is 3.05. The first-order valence-electron chi connectivity index (χ1n) is 8.11. The second-order valence-corrected chi connectivity index (χ2v) is 5.99. The van der Waals surface area contributed by atoms with Crippen LogP contribution in [0.25, 0.3) is 5.57 Å². The molecule has 6 heteroatoms. The van der Waals surface area contributed by atoms with E-state index >= 15 is 0 Å². The maximum absolute atomic E-state index is 12.9. The van der Waals surface area contributed by atoms with E-state index in [-0.39, 0.29) is 11.8 Å². The van der Waals surface area contributed by atoms with Crippen LogP contribution in [0.4, 0.5) is 20.7 Å². The van der Waals surface area contributed by atoms with Crippen LogP contribution in [0.15, 0.2) is 30.3 Å². The zero-order chi connectivity index (χ0) is 17.1. The summed E-state index contributed by atoms with van der Waals surface area (Å²) in [7, 11) is 1.81. The van der Waals surface area contributed by atoms with Crippen molar-refractivity contribution in [2.24, 2.45) is 7.05 Å². The molecule has 0 saturated heterocycles. The van der Waals surface area contributed by atoms with Crippen molar-refractivity contribution in [2.45, 2.75) is 32.6 Å². The number of allylic oxidation sites excluding steroid dienone is 2. The minimum Gasteiger partial charge on any atom is -0.308 e. The van der Waals surface area contributed by atoms with Crippen molar-refractivity contribution in [3.05, 3.63) is 47.4 Å². The number of amides is 2. The lowest BCUT2D eigenvalue weighted by Gasteiger charge is -2.15. The third-order valence-corrected chi connectivity index (χ3v) is 4.17. The molecule has 0 fully saturated rings. The highest BCUT2D eigenvalue weighted by Crippen LogP contribution is 2.33. The summed E-state index contributed by atoms with van der Waals surface area (Å²) in [4.78, 5) is 12.3. The Bertz CT molecular complexity index is 777. The molecule has 1 aliphatic rings. The minimum absolute atomic E-state index is 0.338. The number of aromatic nitrogens is 2. The quantitative estimate of drug-likeness (QED) is 0.873. The van der Waals surface area contributed by atoms with Gasteiger partial charge in [-0.15, -0.1) is 0 Å². The highest BCUT2D eigenvalue weighted by molar-refractivity contribution is 6.01. The van der Waals surface area contributed by atoms with Gasteiger partial charge < -0.3 is 5.32 Å². The van der Waals surface area contributed by atoms with Gasteiger partial charge in [0.2, 0.25) is 0 Å². The Morgan fingerprint density at radius 2 is 1.96 bits per heavy atom. The van der Waals surface area contributed by atoms with E-state index in [0.717, 1.165) is 30.5 Å². The highest BCUT2D eigenvalue weighted by Gasteiger charge is 2.20. The second kappa shape index (κ2) is 6.86. The normalized spacial score (nSPS) is 14.2. The van der Waals surface area contributed by atoms with Crippen molar-refractivity contribution < 1.29 is 9.18 Å². The van der Waals surface area contributed by atoms with Gasteiger partial charge in [0.15, 0.2) is 0 Å². The van der Waals surface area contributed by atoms with Crippen LogP contribution in [0.3, 0.4) is 0 Å². The maximum Gasteiger partial charge on any atom is 0.324 e. The van der Waals surface area contributed by atoms with Gasteiger partial charge in [0.25, 0.3) is 0 Å². The first-order valence-corrected chi connectivity index (χ1v) is 8.11. The summed E-state index contributed by atoms with van der Waals surface area (Å²) in [5, 5.41) is 10.0. The van der Waals surface area contributed by atoms with Crippen LogP contribution in [0.5, 0.6) is 0 Å². The van der Waals surface area contributed by atoms with Gasteiger partial charge >= 0.3 is 6.03 Å². The smallest absolute Gasteiger partial charge is 0.308 e. The predicted molar refractivity (Wildman–Crippen MR) is 93.4 cm³/mol. The summed E-state index contributed by atoms with van der Waals surface area (Å²) >= 11 is 0. The molecule has 1 aliphatic carbocycles. The molecule has 126 valence electrons. The molecule has 0 spiro atoms. The monoisotopic (exact) mass is 328 g/mol. The largest absolute Gasteiger partial charge is 0.324 e. The number of carbonyl (C=O) groups is 1. The molecule has 24 heavy (non-hydrogen) atoms. The molecule has 0 radical (unpaired) electrons. The number of nitrogens with zero attached hydrogens (tertiary/aromatic N) is 2. The molecule has 2 amide bonds. The van der Waals surface area contributed by atoms with E-state index < -0.39 is 0 Å². The molecule has 0 bridgehead atoms. The number of benzene rings is 1. The highest BCUT2D eigenvalue weighted by atomic mass is 19.1. The van der Waals surface area contributed by atoms with Crippen LogP contribution in [-0.2, 0) is 7.05 Å². The number of aryl methyl sites for hydroxylation is 2. The maximum atomic E-state index is 12.9. The first-order chi connectivity index (χ1) is 11.5. The van der Waals surface area contributed by atoms with E-state index in [1.165, 1.54) is 36.3 Å². The number of carbonyl (C=O) groups excluding carboxylic acids is 1. The van der Waals surface area contributed by atoms with Gasteiger partial charge in [0, 0.05) is 18.3 Å². The summed E-state index contributed by atoms with van der Waals surface area (Å²) in [5.74, 6) is 0.343. The Hall–Kier alpha value is -2.63. The van der Waals surface area contributed by atoms with Gasteiger partial charge in [-0.05, 0) is 62.4 Å². The van der Waals surface area contributed by atoms with Crippen LogP contribution in [0, 0.1) is 12.7 Å². The molecule has 2 N–H and O–H groups in total. The van der Waals surface area contributed by atoms with Gasteiger partial charge in [0.05, 0.1) is 5.69 Å². The Labute approximate surface area is 140 Å². The predicted octanol–water partition coefficient (Wildman–Crippen LogP) is 4.47. The molecule has 0 saturated carbocycles. The van der Waals surface area contributed by atoms with Crippen molar-refractivity contribution in [2.75, 3.05) is 10.6 Å². The van der Waals surface area contributed by atoms with Crippen molar-refractivity contribution in [3.8, 4) is 0 Å². The minimum atomic E-state index is -0.373. The van der Waals surface area contributed by atoms with E-state index in [1.807, 2.05) is 14.0 Å². The Kier molecular flexibility index (Phi) is 4.64. The number of rotatable bonds is 3. The van der Waals surface area contributed by atoms with E-state index in [4.69, 9.17) is 0 Å². The van der Waals surface area contributed by atoms with Gasteiger partial charge in [-0.3, -0.25) is 10.00 Å². The SMILES string of the molecule is Cc1nn(C)c(NC(=O)Nc2ccc(F)cc2)c1C1=CCCCC1. The van der Waals surface area contributed by atoms with Crippen LogP contribution in [0.2, 0.25) is 0 Å². The first kappa shape index (κ1) is 16.2. The van der Waals surface area contributed by atoms with Crippen LogP contribution in [-0.4, -0.2) is 15.8 Å². The number of halogens is 1. The summed E-state index contributed by atoms with van der Waals surface area (Å²) < 4.78 is 14.6. The van der Waals surface area contributed by atoms with Crippen molar-refractivity contribution in [3.63, 3.8) is 0 Å². The number of nitrogens with one attached hydrogen (secondary N) is 2. The molecule has 1 aromatic heterocycles. The van der Waals surface area contributed by atoms with Gasteiger partial charge in [0.1, 0.15) is 11.6 Å². The Morgan fingerprint density at radius 1 is 1.21 bits per heavy atom. The van der Waals surface area contributed by atoms with Crippen LogP contribution < -0.4 is 10.6 Å². The lowest BCUT2D eigenvalue weighted by molar-refractivity contribution is 0.262. The second-order valence-electron chi connectivity index (χ2n) is 5.99. The molecule has 0 atom stereocenters. The molecular formula is C18H21FN4O. The molecule has 3 rings (SSSR count). The fraction of sp³-hybridized carbons (Fsp3) is 0.333. The molecule has 1 heterocycles. The molecule has 5 nitrogen and oxygen atoms in total. The van der Waals surface area contributed by atoms with Crippen molar-refractivity contribution >= 4 is 23.1 Å². The fourth-order valence-electron chi connectivity index (χ4n) is 3.05. The number of anilines is 2. The van der Waals surface area contributed by atoms with Crippen molar-refractivity contribution in [1.29, 1.82) is 0 Å². The molecule has 2 aromatic rings. The average molecular weight is 328 g/mol. The van der Waals surface area contributed by atoms with Gasteiger partial charge in [-0.25, -0.2) is 9.18 Å². The van der Waals surface area contributed by atoms with E-state index in [0.29, 0.717) is 11.5 Å². The number of hydrogen-bond acceptors (Lipinski definition) is 2.